The molecule has 1 aromatic heterocycles. The number of anilines is 1. The Kier molecular flexibility index (Phi) is 3.42. The maximum atomic E-state index is 12.7. The van der Waals surface area contributed by atoms with Crippen LogP contribution in [0.2, 0.25) is 0 Å². The molecule has 0 atom stereocenters. The molecule has 0 amide bonds. The Bertz CT molecular complexity index is 864. The van der Waals surface area contributed by atoms with Gasteiger partial charge in [-0.05, 0) is 19.1 Å². The quantitative estimate of drug-likeness (QED) is 0.845. The first-order chi connectivity index (χ1) is 10.4. The van der Waals surface area contributed by atoms with Crippen LogP contribution in [0, 0.1) is 0 Å². The number of sulfonamides is 1. The number of nitrogen functional groups attached to an aromatic ring is 1. The summed E-state index contributed by atoms with van der Waals surface area (Å²) >= 11 is 0. The summed E-state index contributed by atoms with van der Waals surface area (Å²) in [5.74, 6) is -0.0584. The molecular formula is C14H14N4O3S. The van der Waals surface area contributed by atoms with Gasteiger partial charge in [-0.3, -0.25) is 4.79 Å². The minimum atomic E-state index is -3.70. The van der Waals surface area contributed by atoms with Crippen molar-refractivity contribution < 1.29 is 13.2 Å². The lowest BCUT2D eigenvalue weighted by molar-refractivity contribution is 0.101. The van der Waals surface area contributed by atoms with Crippen LogP contribution in [-0.4, -0.2) is 28.5 Å². The Labute approximate surface area is 127 Å². The summed E-state index contributed by atoms with van der Waals surface area (Å²) in [5.41, 5.74) is 7.23. The first-order valence-electron chi connectivity index (χ1n) is 6.59. The van der Waals surface area contributed by atoms with E-state index in [4.69, 9.17) is 5.73 Å². The van der Waals surface area contributed by atoms with Crippen LogP contribution in [-0.2, 0) is 23.1 Å². The summed E-state index contributed by atoms with van der Waals surface area (Å²) in [7, 11) is -3.70. The van der Waals surface area contributed by atoms with Gasteiger partial charge in [0.05, 0.1) is 17.1 Å². The summed E-state index contributed by atoms with van der Waals surface area (Å²) in [6, 6.07) is 6.02. The second-order valence-electron chi connectivity index (χ2n) is 5.06. The molecule has 2 heterocycles. The molecule has 7 nitrogen and oxygen atoms in total. The molecule has 22 heavy (non-hydrogen) atoms. The normalized spacial score (nSPS) is 14.8. The number of hydrogen-bond donors (Lipinski definition) is 1. The largest absolute Gasteiger partial charge is 0.368 e. The van der Waals surface area contributed by atoms with E-state index in [9.17, 15) is 13.2 Å². The second-order valence-corrected chi connectivity index (χ2v) is 7.00. The van der Waals surface area contributed by atoms with Crippen LogP contribution in [0.25, 0.3) is 0 Å². The molecule has 0 fully saturated rings. The van der Waals surface area contributed by atoms with Crippen molar-refractivity contribution in [3.8, 4) is 0 Å². The first kappa shape index (κ1) is 14.6. The summed E-state index contributed by atoms with van der Waals surface area (Å²) in [4.78, 5) is 19.5. The fraction of sp³-hybridized carbons (Fsp3) is 0.214. The number of fused-ring (bicyclic) bond motifs is 1. The smallest absolute Gasteiger partial charge is 0.243 e. The van der Waals surface area contributed by atoms with Crippen molar-refractivity contribution in [2.24, 2.45) is 0 Å². The van der Waals surface area contributed by atoms with Gasteiger partial charge < -0.3 is 5.73 Å². The molecule has 0 spiro atoms. The lowest BCUT2D eigenvalue weighted by atomic mass is 10.2. The van der Waals surface area contributed by atoms with E-state index in [1.54, 1.807) is 18.3 Å². The van der Waals surface area contributed by atoms with Crippen LogP contribution in [0.1, 0.15) is 28.5 Å². The van der Waals surface area contributed by atoms with Gasteiger partial charge in [0.1, 0.15) is 0 Å². The topological polar surface area (TPSA) is 106 Å². The van der Waals surface area contributed by atoms with E-state index >= 15 is 0 Å². The molecule has 0 aliphatic carbocycles. The van der Waals surface area contributed by atoms with Crippen LogP contribution in [0.15, 0.2) is 35.4 Å². The van der Waals surface area contributed by atoms with Crippen LogP contribution in [0.3, 0.4) is 0 Å². The Morgan fingerprint density at radius 2 is 2.09 bits per heavy atom. The van der Waals surface area contributed by atoms with Crippen molar-refractivity contribution in [3.63, 3.8) is 0 Å². The van der Waals surface area contributed by atoms with E-state index < -0.39 is 10.0 Å². The Hall–Kier alpha value is -2.32. The molecule has 114 valence electrons. The lowest BCUT2D eigenvalue weighted by Crippen LogP contribution is -2.25. The molecule has 1 aliphatic heterocycles. The van der Waals surface area contributed by atoms with Crippen LogP contribution >= 0.6 is 0 Å². The monoisotopic (exact) mass is 318 g/mol. The number of rotatable bonds is 3. The van der Waals surface area contributed by atoms with E-state index in [1.807, 2.05) is 0 Å². The van der Waals surface area contributed by atoms with Gasteiger partial charge >= 0.3 is 0 Å². The average Bonchev–Trinajstić information content (AvgIpc) is 2.91. The van der Waals surface area contributed by atoms with E-state index in [2.05, 4.69) is 9.97 Å². The Morgan fingerprint density at radius 1 is 1.32 bits per heavy atom. The van der Waals surface area contributed by atoms with Crippen molar-refractivity contribution in [1.29, 1.82) is 0 Å². The highest BCUT2D eigenvalue weighted by molar-refractivity contribution is 7.89. The SMILES string of the molecule is CC(=O)c1cccc(S(=O)(=O)N2Cc3cnc(N)nc3C2)c1. The second kappa shape index (κ2) is 5.15. The highest BCUT2D eigenvalue weighted by atomic mass is 32.2. The van der Waals surface area contributed by atoms with Gasteiger partial charge in [0.2, 0.25) is 16.0 Å². The number of Topliss-reactive ketones (excluding diaryl/α,β-unsaturated/α-hetero) is 1. The number of aromatic nitrogens is 2. The lowest BCUT2D eigenvalue weighted by Gasteiger charge is -2.15. The van der Waals surface area contributed by atoms with Gasteiger partial charge in [-0.15, -0.1) is 0 Å². The number of hydrogen-bond acceptors (Lipinski definition) is 6. The molecule has 0 saturated carbocycles. The zero-order valence-corrected chi connectivity index (χ0v) is 12.7. The predicted octanol–water partition coefficient (Wildman–Crippen LogP) is 0.966. The van der Waals surface area contributed by atoms with Crippen LogP contribution < -0.4 is 5.73 Å². The van der Waals surface area contributed by atoms with Crippen molar-refractivity contribution in [2.45, 2.75) is 24.9 Å². The van der Waals surface area contributed by atoms with Crippen molar-refractivity contribution in [3.05, 3.63) is 47.3 Å². The number of benzene rings is 1. The van der Waals surface area contributed by atoms with Crippen LogP contribution in [0.5, 0.6) is 0 Å². The van der Waals surface area contributed by atoms with E-state index in [0.29, 0.717) is 11.3 Å². The van der Waals surface area contributed by atoms with E-state index in [-0.39, 0.29) is 29.7 Å². The van der Waals surface area contributed by atoms with Gasteiger partial charge in [0.15, 0.2) is 5.78 Å². The zero-order valence-electron chi connectivity index (χ0n) is 11.9. The minimum absolute atomic E-state index is 0.0916. The van der Waals surface area contributed by atoms with Gasteiger partial charge in [0, 0.05) is 23.9 Å². The summed E-state index contributed by atoms with van der Waals surface area (Å²) < 4.78 is 26.7. The third-order valence-electron chi connectivity index (χ3n) is 3.52. The standard InChI is InChI=1S/C14H14N4O3S/c1-9(19)10-3-2-4-12(5-10)22(20,21)18-7-11-6-16-14(15)17-13(11)8-18/h2-6H,7-8H2,1H3,(H2,15,16,17). The van der Waals surface area contributed by atoms with E-state index in [1.165, 1.54) is 23.4 Å². The number of ketones is 1. The molecule has 0 radical (unpaired) electrons. The zero-order chi connectivity index (χ0) is 15.9. The molecular weight excluding hydrogens is 304 g/mol. The summed E-state index contributed by atoms with van der Waals surface area (Å²) in [5, 5.41) is 0. The number of nitrogens with two attached hydrogens (primary N) is 1. The molecule has 0 bridgehead atoms. The Balaban J connectivity index is 1.95. The van der Waals surface area contributed by atoms with Gasteiger partial charge in [-0.2, -0.15) is 4.31 Å². The number of nitrogens with zero attached hydrogens (tertiary/aromatic N) is 3. The molecule has 2 aromatic rings. The number of carbonyl (C=O) groups excluding carboxylic acids is 1. The van der Waals surface area contributed by atoms with E-state index in [0.717, 1.165) is 5.56 Å². The molecule has 0 saturated heterocycles. The fourth-order valence-electron chi connectivity index (χ4n) is 2.33. The predicted molar refractivity (Wildman–Crippen MR) is 79.3 cm³/mol. The maximum absolute atomic E-state index is 12.7. The van der Waals surface area contributed by atoms with Gasteiger partial charge in [-0.1, -0.05) is 12.1 Å². The molecule has 1 aliphatic rings. The van der Waals surface area contributed by atoms with Gasteiger partial charge in [0.25, 0.3) is 0 Å². The van der Waals surface area contributed by atoms with Crippen molar-refractivity contribution >= 4 is 21.8 Å². The van der Waals surface area contributed by atoms with Crippen molar-refractivity contribution in [2.75, 3.05) is 5.73 Å². The number of carbonyl (C=O) groups is 1. The maximum Gasteiger partial charge on any atom is 0.243 e. The molecule has 8 heteroatoms. The molecule has 3 rings (SSSR count). The molecule has 0 unspecified atom stereocenters. The first-order valence-corrected chi connectivity index (χ1v) is 8.03. The molecule has 2 N–H and O–H groups in total. The highest BCUT2D eigenvalue weighted by Gasteiger charge is 2.32. The third kappa shape index (κ3) is 2.46. The minimum Gasteiger partial charge on any atom is -0.368 e. The highest BCUT2D eigenvalue weighted by Crippen LogP contribution is 2.27. The van der Waals surface area contributed by atoms with Crippen molar-refractivity contribution in [1.82, 2.24) is 14.3 Å². The third-order valence-corrected chi connectivity index (χ3v) is 5.31. The summed E-state index contributed by atoms with van der Waals surface area (Å²) in [6.45, 7) is 1.74. The van der Waals surface area contributed by atoms with Crippen LogP contribution in [0.4, 0.5) is 5.95 Å². The van der Waals surface area contributed by atoms with Gasteiger partial charge in [-0.25, -0.2) is 18.4 Å². The fourth-order valence-corrected chi connectivity index (χ4v) is 3.76. The summed E-state index contributed by atoms with van der Waals surface area (Å²) in [6.07, 6.45) is 1.54. The average molecular weight is 318 g/mol. The molecule has 1 aromatic carbocycles. The Morgan fingerprint density at radius 3 is 2.82 bits per heavy atom.